The zero-order chi connectivity index (χ0) is 12.4. The van der Waals surface area contributed by atoms with Gasteiger partial charge in [-0.1, -0.05) is 30.3 Å². The van der Waals surface area contributed by atoms with Crippen LogP contribution in [0.25, 0.3) is 0 Å². The minimum Gasteiger partial charge on any atom is -0.298 e. The highest BCUT2D eigenvalue weighted by molar-refractivity contribution is 5.81. The summed E-state index contributed by atoms with van der Waals surface area (Å²) in [4.78, 5) is 14.1. The summed E-state index contributed by atoms with van der Waals surface area (Å²) in [6.07, 6.45) is 2.08. The van der Waals surface area contributed by atoms with E-state index in [4.69, 9.17) is 0 Å². The first-order chi connectivity index (χ1) is 8.11. The molecule has 0 saturated carbocycles. The molecule has 92 valence electrons. The van der Waals surface area contributed by atoms with Crippen LogP contribution in [0.5, 0.6) is 0 Å². The van der Waals surface area contributed by atoms with E-state index in [1.54, 1.807) is 6.92 Å². The molecule has 2 rings (SSSR count). The molecule has 1 aliphatic heterocycles. The molecule has 2 atom stereocenters. The Kier molecular flexibility index (Phi) is 3.63. The predicted octanol–water partition coefficient (Wildman–Crippen LogP) is 3.19. The van der Waals surface area contributed by atoms with Crippen molar-refractivity contribution in [1.29, 1.82) is 0 Å². The summed E-state index contributed by atoms with van der Waals surface area (Å²) < 4.78 is 0. The molecule has 0 aromatic heterocycles. The summed E-state index contributed by atoms with van der Waals surface area (Å²) in [6.45, 7) is 6.07. The Morgan fingerprint density at radius 3 is 2.41 bits per heavy atom. The van der Waals surface area contributed by atoms with Gasteiger partial charge < -0.3 is 0 Å². The van der Waals surface area contributed by atoms with Crippen molar-refractivity contribution in [2.24, 2.45) is 0 Å². The monoisotopic (exact) mass is 231 g/mol. The minimum atomic E-state index is 0.111. The second-order valence-electron chi connectivity index (χ2n) is 5.17. The lowest BCUT2D eigenvalue weighted by Gasteiger charge is -2.32. The highest BCUT2D eigenvalue weighted by atomic mass is 16.1. The summed E-state index contributed by atoms with van der Waals surface area (Å²) in [7, 11) is 0. The standard InChI is InChI=1S/C15H21NO/c1-11(2)16-14(12(3)17)9-10-15(16)13-7-5-4-6-8-13/h4-8,11,14-15H,9-10H2,1-3H3/t14-,15+/m0/s1. The van der Waals surface area contributed by atoms with Gasteiger partial charge in [0.2, 0.25) is 0 Å². The number of rotatable bonds is 3. The first-order valence-electron chi connectivity index (χ1n) is 6.44. The van der Waals surface area contributed by atoms with Crippen molar-refractivity contribution in [1.82, 2.24) is 4.90 Å². The fourth-order valence-electron chi connectivity index (χ4n) is 2.98. The Labute approximate surface area is 104 Å². The van der Waals surface area contributed by atoms with Crippen molar-refractivity contribution in [3.05, 3.63) is 35.9 Å². The largest absolute Gasteiger partial charge is 0.298 e. The minimum absolute atomic E-state index is 0.111. The van der Waals surface area contributed by atoms with E-state index in [9.17, 15) is 4.79 Å². The number of benzene rings is 1. The molecule has 2 heteroatoms. The van der Waals surface area contributed by atoms with Gasteiger partial charge in [0.1, 0.15) is 5.78 Å². The molecule has 1 aromatic carbocycles. The lowest BCUT2D eigenvalue weighted by molar-refractivity contribution is -0.122. The van der Waals surface area contributed by atoms with E-state index in [0.717, 1.165) is 12.8 Å². The van der Waals surface area contributed by atoms with Gasteiger partial charge in [0.15, 0.2) is 0 Å². The predicted molar refractivity (Wildman–Crippen MR) is 69.9 cm³/mol. The average molecular weight is 231 g/mol. The van der Waals surface area contributed by atoms with Crippen LogP contribution in [0.3, 0.4) is 0 Å². The van der Waals surface area contributed by atoms with Crippen LogP contribution in [-0.4, -0.2) is 22.8 Å². The number of hydrogen-bond donors (Lipinski definition) is 0. The van der Waals surface area contributed by atoms with Gasteiger partial charge in [-0.3, -0.25) is 9.69 Å². The summed E-state index contributed by atoms with van der Waals surface area (Å²) in [5.74, 6) is 0.303. The second-order valence-corrected chi connectivity index (χ2v) is 5.17. The van der Waals surface area contributed by atoms with Gasteiger partial charge in [0.05, 0.1) is 6.04 Å². The molecule has 1 heterocycles. The topological polar surface area (TPSA) is 20.3 Å². The number of nitrogens with zero attached hydrogens (tertiary/aromatic N) is 1. The van der Waals surface area contributed by atoms with Crippen molar-refractivity contribution in [2.75, 3.05) is 0 Å². The summed E-state index contributed by atoms with van der Waals surface area (Å²) in [6, 6.07) is 11.5. The second kappa shape index (κ2) is 5.01. The maximum atomic E-state index is 11.7. The number of ketones is 1. The van der Waals surface area contributed by atoms with Crippen molar-refractivity contribution in [3.8, 4) is 0 Å². The SMILES string of the molecule is CC(=O)[C@@H]1CC[C@H](c2ccccc2)N1C(C)C. The Hall–Kier alpha value is -1.15. The van der Waals surface area contributed by atoms with E-state index >= 15 is 0 Å². The number of hydrogen-bond acceptors (Lipinski definition) is 2. The smallest absolute Gasteiger partial charge is 0.146 e. The van der Waals surface area contributed by atoms with Crippen LogP contribution >= 0.6 is 0 Å². The van der Waals surface area contributed by atoms with E-state index in [1.807, 2.05) is 6.07 Å². The zero-order valence-electron chi connectivity index (χ0n) is 10.9. The fourth-order valence-corrected chi connectivity index (χ4v) is 2.98. The third-order valence-corrected chi connectivity index (χ3v) is 3.68. The van der Waals surface area contributed by atoms with E-state index in [2.05, 4.69) is 43.0 Å². The van der Waals surface area contributed by atoms with Gasteiger partial charge >= 0.3 is 0 Å². The number of carbonyl (C=O) groups excluding carboxylic acids is 1. The third-order valence-electron chi connectivity index (χ3n) is 3.68. The van der Waals surface area contributed by atoms with Crippen molar-refractivity contribution in [2.45, 2.75) is 51.7 Å². The molecule has 0 spiro atoms. The number of carbonyl (C=O) groups is 1. The molecule has 0 N–H and O–H groups in total. The van der Waals surface area contributed by atoms with Crippen LogP contribution < -0.4 is 0 Å². The van der Waals surface area contributed by atoms with E-state index in [0.29, 0.717) is 17.9 Å². The van der Waals surface area contributed by atoms with Crippen molar-refractivity contribution < 1.29 is 4.79 Å². The fraction of sp³-hybridized carbons (Fsp3) is 0.533. The van der Waals surface area contributed by atoms with E-state index in [-0.39, 0.29) is 6.04 Å². The van der Waals surface area contributed by atoms with E-state index < -0.39 is 0 Å². The van der Waals surface area contributed by atoms with Crippen molar-refractivity contribution >= 4 is 5.78 Å². The van der Waals surface area contributed by atoms with Gasteiger partial charge in [0.25, 0.3) is 0 Å². The first kappa shape index (κ1) is 12.3. The summed E-state index contributed by atoms with van der Waals surface area (Å²) in [5.41, 5.74) is 1.34. The lowest BCUT2D eigenvalue weighted by Crippen LogP contribution is -2.41. The van der Waals surface area contributed by atoms with Crippen LogP contribution in [0.2, 0.25) is 0 Å². The third kappa shape index (κ3) is 2.42. The molecule has 17 heavy (non-hydrogen) atoms. The zero-order valence-corrected chi connectivity index (χ0v) is 10.9. The number of likely N-dealkylation sites (tertiary alicyclic amines) is 1. The Morgan fingerprint density at radius 1 is 1.24 bits per heavy atom. The molecule has 0 bridgehead atoms. The quantitative estimate of drug-likeness (QED) is 0.796. The molecule has 1 aromatic rings. The summed E-state index contributed by atoms with van der Waals surface area (Å²) in [5, 5.41) is 0. The molecular formula is C15H21NO. The molecule has 0 aliphatic carbocycles. The summed E-state index contributed by atoms with van der Waals surface area (Å²) >= 11 is 0. The maximum absolute atomic E-state index is 11.7. The molecule has 1 aliphatic rings. The van der Waals surface area contributed by atoms with E-state index in [1.165, 1.54) is 5.56 Å². The van der Waals surface area contributed by atoms with Crippen molar-refractivity contribution in [3.63, 3.8) is 0 Å². The highest BCUT2D eigenvalue weighted by Gasteiger charge is 2.37. The average Bonchev–Trinajstić information content (AvgIpc) is 2.74. The van der Waals surface area contributed by atoms with Crippen LogP contribution in [-0.2, 0) is 4.79 Å². The van der Waals surface area contributed by atoms with Crippen LogP contribution in [0.1, 0.15) is 45.2 Å². The molecule has 0 amide bonds. The van der Waals surface area contributed by atoms with Crippen LogP contribution in [0.4, 0.5) is 0 Å². The highest BCUT2D eigenvalue weighted by Crippen LogP contribution is 2.37. The van der Waals surface area contributed by atoms with Crippen LogP contribution in [0.15, 0.2) is 30.3 Å². The Bertz CT molecular complexity index is 385. The number of Topliss-reactive ketones (excluding diaryl/α,β-unsaturated/α-hetero) is 1. The Balaban J connectivity index is 2.27. The lowest BCUT2D eigenvalue weighted by atomic mass is 10.0. The first-order valence-corrected chi connectivity index (χ1v) is 6.44. The van der Waals surface area contributed by atoms with Gasteiger partial charge in [-0.05, 0) is 39.2 Å². The Morgan fingerprint density at radius 2 is 1.88 bits per heavy atom. The van der Waals surface area contributed by atoms with Gasteiger partial charge in [0, 0.05) is 12.1 Å². The molecule has 1 saturated heterocycles. The van der Waals surface area contributed by atoms with Gasteiger partial charge in [-0.25, -0.2) is 0 Å². The molecular weight excluding hydrogens is 210 g/mol. The molecule has 1 fully saturated rings. The maximum Gasteiger partial charge on any atom is 0.146 e. The van der Waals surface area contributed by atoms with Gasteiger partial charge in [-0.15, -0.1) is 0 Å². The molecule has 0 unspecified atom stereocenters. The van der Waals surface area contributed by atoms with Crippen LogP contribution in [0, 0.1) is 0 Å². The molecule has 0 radical (unpaired) electrons. The molecule has 2 nitrogen and oxygen atoms in total. The normalized spacial score (nSPS) is 25.4. The van der Waals surface area contributed by atoms with Gasteiger partial charge in [-0.2, -0.15) is 0 Å².